The second-order valence-electron chi connectivity index (χ2n) is 3.35. The molecule has 0 aliphatic heterocycles. The van der Waals surface area contributed by atoms with Crippen LogP contribution < -0.4 is 10.6 Å². The van der Waals surface area contributed by atoms with E-state index in [0.29, 0.717) is 18.9 Å². The van der Waals surface area contributed by atoms with Crippen molar-refractivity contribution in [3.8, 4) is 0 Å². The minimum atomic E-state index is -0.520. The van der Waals surface area contributed by atoms with Crippen LogP contribution in [0.15, 0.2) is 6.20 Å². The van der Waals surface area contributed by atoms with Crippen molar-refractivity contribution < 1.29 is 9.50 Å². The van der Waals surface area contributed by atoms with Gasteiger partial charge < -0.3 is 15.7 Å². The van der Waals surface area contributed by atoms with Crippen molar-refractivity contribution in [3.05, 3.63) is 12.0 Å². The zero-order chi connectivity index (χ0) is 12.0. The molecule has 0 aliphatic rings. The smallest absolute Gasteiger partial charge is 0.224 e. The summed E-state index contributed by atoms with van der Waals surface area (Å²) in [5.41, 5.74) is 0. The van der Waals surface area contributed by atoms with Gasteiger partial charge in [0.05, 0.1) is 18.8 Å². The van der Waals surface area contributed by atoms with Crippen LogP contribution >= 0.6 is 0 Å². The summed E-state index contributed by atoms with van der Waals surface area (Å²) in [6.45, 7) is 4.42. The zero-order valence-corrected chi connectivity index (χ0v) is 9.50. The molecule has 5 nitrogen and oxygen atoms in total. The molecule has 0 saturated carbocycles. The average Bonchev–Trinajstić information content (AvgIpc) is 2.30. The third-order valence-corrected chi connectivity index (χ3v) is 2.13. The van der Waals surface area contributed by atoms with Gasteiger partial charge in [-0.2, -0.15) is 4.98 Å². The Kier molecular flexibility index (Phi) is 4.91. The minimum absolute atomic E-state index is 0.0590. The minimum Gasteiger partial charge on any atom is -0.394 e. The molecule has 1 unspecified atom stereocenters. The summed E-state index contributed by atoms with van der Waals surface area (Å²) < 4.78 is 13.3. The highest BCUT2D eigenvalue weighted by molar-refractivity contribution is 5.41. The van der Waals surface area contributed by atoms with Gasteiger partial charge in [-0.3, -0.25) is 0 Å². The number of nitrogens with zero attached hydrogens (tertiary/aromatic N) is 2. The number of anilines is 2. The number of halogens is 1. The molecular weight excluding hydrogens is 211 g/mol. The van der Waals surface area contributed by atoms with Crippen molar-refractivity contribution in [2.45, 2.75) is 26.3 Å². The predicted octanol–water partition coefficient (Wildman–Crippen LogP) is 1.23. The van der Waals surface area contributed by atoms with Crippen LogP contribution in [0.2, 0.25) is 0 Å². The first-order chi connectivity index (χ1) is 7.71. The maximum Gasteiger partial charge on any atom is 0.224 e. The first-order valence-corrected chi connectivity index (χ1v) is 5.35. The van der Waals surface area contributed by atoms with Crippen LogP contribution in [0.25, 0.3) is 0 Å². The Hall–Kier alpha value is -1.43. The van der Waals surface area contributed by atoms with Crippen LogP contribution in [0.1, 0.15) is 20.3 Å². The summed E-state index contributed by atoms with van der Waals surface area (Å²) in [5.74, 6) is -0.0282. The van der Waals surface area contributed by atoms with Crippen molar-refractivity contribution in [2.24, 2.45) is 0 Å². The van der Waals surface area contributed by atoms with E-state index in [9.17, 15) is 4.39 Å². The highest BCUT2D eigenvalue weighted by Gasteiger charge is 2.10. The van der Waals surface area contributed by atoms with E-state index < -0.39 is 5.82 Å². The van der Waals surface area contributed by atoms with Gasteiger partial charge in [0.15, 0.2) is 11.6 Å². The topological polar surface area (TPSA) is 70.1 Å². The second kappa shape index (κ2) is 6.22. The van der Waals surface area contributed by atoms with Crippen molar-refractivity contribution in [1.29, 1.82) is 0 Å². The lowest BCUT2D eigenvalue weighted by molar-refractivity contribution is 0.271. The highest BCUT2D eigenvalue weighted by Crippen LogP contribution is 2.13. The second-order valence-corrected chi connectivity index (χ2v) is 3.35. The van der Waals surface area contributed by atoms with E-state index in [1.54, 1.807) is 0 Å². The average molecular weight is 228 g/mol. The SMILES string of the molecule is CCNc1ncc(F)c(NC(CC)CO)n1. The molecule has 6 heteroatoms. The van der Waals surface area contributed by atoms with Gasteiger partial charge in [0.25, 0.3) is 0 Å². The molecular formula is C10H17FN4O. The maximum absolute atomic E-state index is 13.3. The fourth-order valence-corrected chi connectivity index (χ4v) is 1.18. The largest absolute Gasteiger partial charge is 0.394 e. The molecule has 0 amide bonds. The van der Waals surface area contributed by atoms with Crippen molar-refractivity contribution in [3.63, 3.8) is 0 Å². The van der Waals surface area contributed by atoms with E-state index in [1.807, 2.05) is 13.8 Å². The van der Waals surface area contributed by atoms with Gasteiger partial charge in [-0.25, -0.2) is 9.37 Å². The molecule has 3 N–H and O–H groups in total. The van der Waals surface area contributed by atoms with E-state index in [4.69, 9.17) is 5.11 Å². The van der Waals surface area contributed by atoms with Crippen LogP contribution in [-0.2, 0) is 0 Å². The van der Waals surface area contributed by atoms with Gasteiger partial charge >= 0.3 is 0 Å². The van der Waals surface area contributed by atoms with E-state index in [2.05, 4.69) is 20.6 Å². The van der Waals surface area contributed by atoms with Gasteiger partial charge in [-0.1, -0.05) is 6.92 Å². The molecule has 0 saturated heterocycles. The van der Waals surface area contributed by atoms with Crippen molar-refractivity contribution >= 4 is 11.8 Å². The number of aliphatic hydroxyl groups is 1. The number of rotatable bonds is 6. The summed E-state index contributed by atoms with van der Waals surface area (Å²) >= 11 is 0. The molecule has 0 bridgehead atoms. The van der Waals surface area contributed by atoms with Crippen LogP contribution in [0, 0.1) is 5.82 Å². The first-order valence-electron chi connectivity index (χ1n) is 5.35. The number of hydrogen-bond acceptors (Lipinski definition) is 5. The Balaban J connectivity index is 2.80. The molecule has 0 spiro atoms. The van der Waals surface area contributed by atoms with E-state index in [-0.39, 0.29) is 18.5 Å². The van der Waals surface area contributed by atoms with Crippen LogP contribution in [-0.4, -0.2) is 34.3 Å². The molecule has 0 aromatic carbocycles. The van der Waals surface area contributed by atoms with Gasteiger partial charge in [0.2, 0.25) is 5.95 Å². The predicted molar refractivity (Wildman–Crippen MR) is 60.9 cm³/mol. The standard InChI is InChI=1S/C10H17FN4O/c1-3-7(6-16)14-9-8(11)5-13-10(15-9)12-4-2/h5,7,16H,3-4,6H2,1-2H3,(H2,12,13,14,15). The van der Waals surface area contributed by atoms with E-state index >= 15 is 0 Å². The van der Waals surface area contributed by atoms with Gasteiger partial charge in [-0.15, -0.1) is 0 Å². The number of aromatic nitrogens is 2. The summed E-state index contributed by atoms with van der Waals surface area (Å²) in [4.78, 5) is 7.77. The zero-order valence-electron chi connectivity index (χ0n) is 9.50. The van der Waals surface area contributed by atoms with Gasteiger partial charge in [0, 0.05) is 6.54 Å². The van der Waals surface area contributed by atoms with E-state index in [1.165, 1.54) is 0 Å². The normalized spacial score (nSPS) is 12.2. The monoisotopic (exact) mass is 228 g/mol. The first kappa shape index (κ1) is 12.6. The molecule has 1 atom stereocenters. The highest BCUT2D eigenvalue weighted by atomic mass is 19.1. The molecule has 0 radical (unpaired) electrons. The molecule has 0 fully saturated rings. The lowest BCUT2D eigenvalue weighted by Gasteiger charge is -2.15. The Morgan fingerprint density at radius 1 is 1.50 bits per heavy atom. The summed E-state index contributed by atoms with van der Waals surface area (Å²) in [7, 11) is 0. The molecule has 1 rings (SSSR count). The van der Waals surface area contributed by atoms with Crippen molar-refractivity contribution in [1.82, 2.24) is 9.97 Å². The summed E-state index contributed by atoms with van der Waals surface area (Å²) in [6.07, 6.45) is 1.80. The lowest BCUT2D eigenvalue weighted by Crippen LogP contribution is -2.24. The summed E-state index contributed by atoms with van der Waals surface area (Å²) in [6, 6.07) is -0.195. The van der Waals surface area contributed by atoms with Crippen LogP contribution in [0.5, 0.6) is 0 Å². The lowest BCUT2D eigenvalue weighted by atomic mass is 10.2. The van der Waals surface area contributed by atoms with Crippen LogP contribution in [0.3, 0.4) is 0 Å². The Bertz CT molecular complexity index is 331. The molecule has 1 heterocycles. The third kappa shape index (κ3) is 3.30. The fraction of sp³-hybridized carbons (Fsp3) is 0.600. The van der Waals surface area contributed by atoms with Gasteiger partial charge in [-0.05, 0) is 13.3 Å². The van der Waals surface area contributed by atoms with Crippen LogP contribution in [0.4, 0.5) is 16.2 Å². The quantitative estimate of drug-likeness (QED) is 0.683. The Labute approximate surface area is 94.1 Å². The third-order valence-electron chi connectivity index (χ3n) is 2.13. The molecule has 0 aliphatic carbocycles. The van der Waals surface area contributed by atoms with Gasteiger partial charge in [0.1, 0.15) is 0 Å². The number of nitrogens with one attached hydrogen (secondary N) is 2. The summed E-state index contributed by atoms with van der Waals surface area (Å²) in [5, 5.41) is 14.7. The van der Waals surface area contributed by atoms with E-state index in [0.717, 1.165) is 6.20 Å². The number of aliphatic hydroxyl groups excluding tert-OH is 1. The van der Waals surface area contributed by atoms with Crippen molar-refractivity contribution in [2.75, 3.05) is 23.8 Å². The molecule has 90 valence electrons. The molecule has 1 aromatic rings. The Morgan fingerprint density at radius 3 is 2.81 bits per heavy atom. The number of hydrogen-bond donors (Lipinski definition) is 3. The molecule has 1 aromatic heterocycles. The Morgan fingerprint density at radius 2 is 2.25 bits per heavy atom. The fourth-order valence-electron chi connectivity index (χ4n) is 1.18. The molecule has 16 heavy (non-hydrogen) atoms. The maximum atomic E-state index is 13.3.